The van der Waals surface area contributed by atoms with Crippen molar-refractivity contribution in [2.75, 3.05) is 13.1 Å². The largest absolute Gasteiger partial charge is 0.338 e. The van der Waals surface area contributed by atoms with E-state index in [1.807, 2.05) is 36.4 Å². The highest BCUT2D eigenvalue weighted by atomic mass is 35.5. The molecule has 2 heterocycles. The number of fused-ring (bicyclic) bond motifs is 1. The summed E-state index contributed by atoms with van der Waals surface area (Å²) < 4.78 is 0. The summed E-state index contributed by atoms with van der Waals surface area (Å²) in [5.74, 6) is 0.953. The van der Waals surface area contributed by atoms with Crippen molar-refractivity contribution in [2.24, 2.45) is 0 Å². The van der Waals surface area contributed by atoms with Crippen molar-refractivity contribution in [3.63, 3.8) is 0 Å². The molecule has 0 bridgehead atoms. The Bertz CT molecular complexity index is 914. The minimum atomic E-state index is 0.714. The number of H-pyrrole nitrogens is 1. The number of aromatic nitrogens is 2. The van der Waals surface area contributed by atoms with Gasteiger partial charge in [-0.2, -0.15) is 0 Å². The monoisotopic (exact) mass is 357 g/mol. The van der Waals surface area contributed by atoms with Crippen LogP contribution in [-0.2, 0) is 6.54 Å². The fraction of sp³-hybridized carbons (Fsp3) is 0.211. The van der Waals surface area contributed by atoms with Gasteiger partial charge in [-0.1, -0.05) is 41.4 Å². The summed E-state index contributed by atoms with van der Waals surface area (Å²) in [5.41, 5.74) is 4.46. The van der Waals surface area contributed by atoms with Crippen LogP contribution in [0.1, 0.15) is 17.8 Å². The quantitative estimate of drug-likeness (QED) is 0.701. The third-order valence-corrected chi connectivity index (χ3v) is 4.81. The standard InChI is InChI=1S/C19H17Cl2N3/c20-15-3-1-2-13(10-15)12-24-8-6-14(7-9-24)19-22-17-5-4-16(21)11-18(17)23-19/h1-6,10-11H,7-9,12H2,(H,22,23). The van der Waals surface area contributed by atoms with Gasteiger partial charge in [0.15, 0.2) is 0 Å². The molecular weight excluding hydrogens is 341 g/mol. The van der Waals surface area contributed by atoms with Gasteiger partial charge in [-0.3, -0.25) is 4.90 Å². The molecule has 3 nitrogen and oxygen atoms in total. The minimum Gasteiger partial charge on any atom is -0.338 e. The average Bonchev–Trinajstić information content (AvgIpc) is 2.98. The van der Waals surface area contributed by atoms with Crippen LogP contribution in [0.25, 0.3) is 16.6 Å². The maximum Gasteiger partial charge on any atom is 0.134 e. The molecule has 4 rings (SSSR count). The highest BCUT2D eigenvalue weighted by Crippen LogP contribution is 2.25. The molecule has 24 heavy (non-hydrogen) atoms. The van der Waals surface area contributed by atoms with E-state index in [9.17, 15) is 0 Å². The van der Waals surface area contributed by atoms with Gasteiger partial charge < -0.3 is 4.98 Å². The highest BCUT2D eigenvalue weighted by Gasteiger charge is 2.16. The Morgan fingerprint density at radius 1 is 1.08 bits per heavy atom. The van der Waals surface area contributed by atoms with Crippen molar-refractivity contribution in [3.8, 4) is 0 Å². The van der Waals surface area contributed by atoms with Crippen LogP contribution in [0.15, 0.2) is 48.5 Å². The molecule has 0 saturated heterocycles. The lowest BCUT2D eigenvalue weighted by Crippen LogP contribution is -2.28. The number of benzene rings is 2. The number of hydrogen-bond donors (Lipinski definition) is 1. The molecule has 122 valence electrons. The maximum atomic E-state index is 6.06. The lowest BCUT2D eigenvalue weighted by Gasteiger charge is -2.25. The van der Waals surface area contributed by atoms with Gasteiger partial charge in [0, 0.05) is 29.7 Å². The second-order valence-corrected chi connectivity index (χ2v) is 6.96. The van der Waals surface area contributed by atoms with Gasteiger partial charge in [0.1, 0.15) is 5.82 Å². The number of hydrogen-bond acceptors (Lipinski definition) is 2. The van der Waals surface area contributed by atoms with Gasteiger partial charge in [0.2, 0.25) is 0 Å². The lowest BCUT2D eigenvalue weighted by molar-refractivity contribution is 0.293. The first kappa shape index (κ1) is 15.7. The Balaban J connectivity index is 1.49. The fourth-order valence-corrected chi connectivity index (χ4v) is 3.47. The van der Waals surface area contributed by atoms with Crippen LogP contribution >= 0.6 is 23.2 Å². The van der Waals surface area contributed by atoms with Crippen LogP contribution in [0.3, 0.4) is 0 Å². The number of aromatic amines is 1. The van der Waals surface area contributed by atoms with E-state index in [4.69, 9.17) is 23.2 Å². The number of halogens is 2. The highest BCUT2D eigenvalue weighted by molar-refractivity contribution is 6.31. The maximum absolute atomic E-state index is 6.06. The van der Waals surface area contributed by atoms with Gasteiger partial charge in [-0.05, 0) is 47.9 Å². The molecule has 2 aromatic carbocycles. The first-order valence-corrected chi connectivity index (χ1v) is 8.74. The molecule has 5 heteroatoms. The van der Waals surface area contributed by atoms with Gasteiger partial charge in [-0.15, -0.1) is 0 Å². The molecule has 0 amide bonds. The SMILES string of the molecule is Clc1cccc(CN2CC=C(c3nc4cc(Cl)ccc4[nH]3)CC2)c1. The van der Waals surface area contributed by atoms with Crippen LogP contribution in [0.5, 0.6) is 0 Å². The summed E-state index contributed by atoms with van der Waals surface area (Å²) >= 11 is 12.1. The van der Waals surface area contributed by atoms with Gasteiger partial charge in [-0.25, -0.2) is 4.98 Å². The zero-order chi connectivity index (χ0) is 16.5. The van der Waals surface area contributed by atoms with Crippen LogP contribution in [0.2, 0.25) is 10.0 Å². The van der Waals surface area contributed by atoms with E-state index in [2.05, 4.69) is 27.0 Å². The van der Waals surface area contributed by atoms with Crippen LogP contribution in [-0.4, -0.2) is 28.0 Å². The van der Waals surface area contributed by atoms with E-state index >= 15 is 0 Å². The summed E-state index contributed by atoms with van der Waals surface area (Å²) in [6.45, 7) is 2.84. The smallest absolute Gasteiger partial charge is 0.134 e. The van der Waals surface area contributed by atoms with E-state index in [1.165, 1.54) is 11.1 Å². The van der Waals surface area contributed by atoms with E-state index < -0.39 is 0 Å². The number of rotatable bonds is 3. The van der Waals surface area contributed by atoms with Crippen molar-refractivity contribution in [2.45, 2.75) is 13.0 Å². The third kappa shape index (κ3) is 3.34. The second-order valence-electron chi connectivity index (χ2n) is 6.09. The normalized spacial score (nSPS) is 15.7. The van der Waals surface area contributed by atoms with Gasteiger partial charge in [0.05, 0.1) is 11.0 Å². The second kappa shape index (κ2) is 6.60. The van der Waals surface area contributed by atoms with Crippen molar-refractivity contribution < 1.29 is 0 Å². The van der Waals surface area contributed by atoms with Crippen molar-refractivity contribution in [1.82, 2.24) is 14.9 Å². The molecule has 3 aromatic rings. The number of imidazole rings is 1. The Hall–Kier alpha value is -1.81. The van der Waals surface area contributed by atoms with E-state index in [0.29, 0.717) is 5.02 Å². The molecule has 1 aliphatic rings. The fourth-order valence-electron chi connectivity index (χ4n) is 3.09. The molecule has 1 aromatic heterocycles. The Morgan fingerprint density at radius 2 is 1.96 bits per heavy atom. The summed E-state index contributed by atoms with van der Waals surface area (Å²) in [5, 5.41) is 1.51. The average molecular weight is 358 g/mol. The summed E-state index contributed by atoms with van der Waals surface area (Å²) in [7, 11) is 0. The predicted octanol–water partition coefficient (Wildman–Crippen LogP) is 5.16. The predicted molar refractivity (Wildman–Crippen MR) is 100 cm³/mol. The first-order chi connectivity index (χ1) is 11.7. The Morgan fingerprint density at radius 3 is 2.75 bits per heavy atom. The Labute approximate surface area is 150 Å². The minimum absolute atomic E-state index is 0.714. The lowest BCUT2D eigenvalue weighted by atomic mass is 10.1. The van der Waals surface area contributed by atoms with Crippen LogP contribution < -0.4 is 0 Å². The molecule has 1 aliphatic heterocycles. The van der Waals surface area contributed by atoms with Crippen molar-refractivity contribution in [1.29, 1.82) is 0 Å². The first-order valence-electron chi connectivity index (χ1n) is 7.99. The van der Waals surface area contributed by atoms with Crippen LogP contribution in [0.4, 0.5) is 0 Å². The molecule has 0 aliphatic carbocycles. The third-order valence-electron chi connectivity index (χ3n) is 4.34. The van der Waals surface area contributed by atoms with Gasteiger partial charge in [0.25, 0.3) is 0 Å². The van der Waals surface area contributed by atoms with Crippen LogP contribution in [0, 0.1) is 0 Å². The summed E-state index contributed by atoms with van der Waals surface area (Å²) in [6, 6.07) is 13.8. The number of nitrogens with zero attached hydrogens (tertiary/aromatic N) is 2. The topological polar surface area (TPSA) is 31.9 Å². The molecule has 0 radical (unpaired) electrons. The van der Waals surface area contributed by atoms with Crippen molar-refractivity contribution in [3.05, 3.63) is 70.0 Å². The molecule has 0 spiro atoms. The van der Waals surface area contributed by atoms with E-state index in [-0.39, 0.29) is 0 Å². The molecule has 1 N–H and O–H groups in total. The molecule has 0 saturated carbocycles. The summed E-state index contributed by atoms with van der Waals surface area (Å²) in [6.07, 6.45) is 3.24. The zero-order valence-electron chi connectivity index (χ0n) is 13.1. The van der Waals surface area contributed by atoms with E-state index in [0.717, 1.165) is 47.9 Å². The van der Waals surface area contributed by atoms with Gasteiger partial charge >= 0.3 is 0 Å². The number of nitrogens with one attached hydrogen (secondary N) is 1. The Kier molecular flexibility index (Phi) is 4.31. The molecular formula is C19H17Cl2N3. The molecule has 0 unspecified atom stereocenters. The zero-order valence-corrected chi connectivity index (χ0v) is 14.6. The van der Waals surface area contributed by atoms with E-state index in [1.54, 1.807) is 0 Å². The van der Waals surface area contributed by atoms with Crippen molar-refractivity contribution >= 4 is 39.8 Å². The molecule has 0 atom stereocenters. The molecule has 0 fully saturated rings. The summed E-state index contributed by atoms with van der Waals surface area (Å²) in [4.78, 5) is 10.5.